The van der Waals surface area contributed by atoms with Crippen LogP contribution in [0.4, 0.5) is 0 Å². The lowest BCUT2D eigenvalue weighted by Gasteiger charge is -2.42. The van der Waals surface area contributed by atoms with Crippen LogP contribution in [0.5, 0.6) is 0 Å². The van der Waals surface area contributed by atoms with Gasteiger partial charge in [-0.3, -0.25) is 0 Å². The highest BCUT2D eigenvalue weighted by molar-refractivity contribution is 5.07. The first-order chi connectivity index (χ1) is 30.7. The van der Waals surface area contributed by atoms with Gasteiger partial charge in [-0.1, -0.05) is 356 Å². The van der Waals surface area contributed by atoms with Crippen LogP contribution < -0.4 is 0 Å². The van der Waals surface area contributed by atoms with Crippen molar-refractivity contribution in [3.05, 3.63) is 5.92 Å². The molecule has 0 aliphatic carbocycles. The molecule has 0 fully saturated rings. The molecule has 1 radical (unpaired) electrons. The summed E-state index contributed by atoms with van der Waals surface area (Å²) in [5.41, 5.74) is 0.541. The topological polar surface area (TPSA) is 0 Å². The van der Waals surface area contributed by atoms with E-state index >= 15 is 0 Å². The Morgan fingerprint density at radius 1 is 0.177 bits per heavy atom. The van der Waals surface area contributed by atoms with Gasteiger partial charge in [-0.15, -0.1) is 0 Å². The van der Waals surface area contributed by atoms with Crippen LogP contribution in [0.3, 0.4) is 0 Å². The van der Waals surface area contributed by atoms with E-state index in [1.165, 1.54) is 353 Å². The van der Waals surface area contributed by atoms with Gasteiger partial charge < -0.3 is 0 Å². The van der Waals surface area contributed by atoms with E-state index in [0.717, 1.165) is 0 Å². The maximum absolute atomic E-state index is 2.35. The second-order valence-corrected chi connectivity index (χ2v) is 21.5. The molecular weight excluding hydrogens is 745 g/mol. The molecule has 0 saturated heterocycles. The van der Waals surface area contributed by atoms with Crippen molar-refractivity contribution in [2.75, 3.05) is 0 Å². The van der Waals surface area contributed by atoms with Crippen LogP contribution in [0.1, 0.15) is 388 Å². The monoisotopic (exact) mass is 870 g/mol. The van der Waals surface area contributed by atoms with Crippen molar-refractivity contribution in [3.63, 3.8) is 0 Å². The summed E-state index contributed by atoms with van der Waals surface area (Å²) in [7, 11) is 0. The molecule has 0 aromatic rings. The zero-order valence-corrected chi connectivity index (χ0v) is 44.9. The van der Waals surface area contributed by atoms with E-state index in [1.54, 1.807) is 0 Å². The molecule has 62 heavy (non-hydrogen) atoms. The summed E-state index contributed by atoms with van der Waals surface area (Å²) in [5.74, 6) is 2.11. The van der Waals surface area contributed by atoms with Crippen LogP contribution in [0.15, 0.2) is 0 Å². The number of unbranched alkanes of at least 4 members (excludes halogenated alkanes) is 45. The summed E-state index contributed by atoms with van der Waals surface area (Å²) in [5, 5.41) is 0. The summed E-state index contributed by atoms with van der Waals surface area (Å²) < 4.78 is 0. The standard InChI is InChI=1S/C62H125/c1-6-11-16-21-26-31-36-41-46-51-56-61(57-52-47-42-37-32-27-22-17-12-7-2)62(58-53-48-43-38-33-28-23-18-13-8-3,59-54-49-44-39-34-29-24-19-14-9-4)60-55-50-45-40-35-30-25-20-15-10-5/h6-60H2,1-5H3. The predicted molar refractivity (Wildman–Crippen MR) is 288 cm³/mol. The Bertz CT molecular complexity index is 682. The van der Waals surface area contributed by atoms with Crippen LogP contribution in [-0.4, -0.2) is 0 Å². The van der Waals surface area contributed by atoms with E-state index in [-0.39, 0.29) is 0 Å². The van der Waals surface area contributed by atoms with Gasteiger partial charge in [-0.25, -0.2) is 0 Å². The van der Waals surface area contributed by atoms with Crippen LogP contribution in [0.25, 0.3) is 0 Å². The van der Waals surface area contributed by atoms with Crippen molar-refractivity contribution in [2.24, 2.45) is 5.41 Å². The molecule has 0 rings (SSSR count). The van der Waals surface area contributed by atoms with Crippen molar-refractivity contribution in [1.29, 1.82) is 0 Å². The molecule has 0 heterocycles. The first-order valence-electron chi connectivity index (χ1n) is 30.6. The zero-order valence-electron chi connectivity index (χ0n) is 44.9. The highest BCUT2D eigenvalue weighted by Crippen LogP contribution is 2.50. The molecule has 0 unspecified atom stereocenters. The predicted octanol–water partition coefficient (Wildman–Crippen LogP) is 24.1. The van der Waals surface area contributed by atoms with E-state index in [2.05, 4.69) is 40.5 Å². The van der Waals surface area contributed by atoms with E-state index < -0.39 is 0 Å². The van der Waals surface area contributed by atoms with Crippen LogP contribution in [0.2, 0.25) is 0 Å². The van der Waals surface area contributed by atoms with E-state index in [1.807, 2.05) is 0 Å². The highest BCUT2D eigenvalue weighted by atomic mass is 14.4. The number of rotatable bonds is 56. The van der Waals surface area contributed by atoms with Crippen molar-refractivity contribution < 1.29 is 0 Å². The Hall–Kier alpha value is 0. The average Bonchev–Trinajstić information content (AvgIpc) is 3.28. The fourth-order valence-corrected chi connectivity index (χ4v) is 11.1. The van der Waals surface area contributed by atoms with E-state index in [4.69, 9.17) is 0 Å². The molecule has 0 spiro atoms. The average molecular weight is 871 g/mol. The molecule has 0 bridgehead atoms. The Morgan fingerprint density at radius 2 is 0.323 bits per heavy atom. The second kappa shape index (κ2) is 53.6. The second-order valence-electron chi connectivity index (χ2n) is 21.5. The molecule has 0 N–H and O–H groups in total. The van der Waals surface area contributed by atoms with Gasteiger partial charge in [0.15, 0.2) is 0 Å². The van der Waals surface area contributed by atoms with Gasteiger partial charge in [-0.2, -0.15) is 0 Å². The van der Waals surface area contributed by atoms with E-state index in [9.17, 15) is 0 Å². The minimum absolute atomic E-state index is 0.541. The SMILES string of the molecule is CCCCCCCCCCCC[C](CCCCCCCCCCCC)C(CCCCCCCCCCCC)(CCCCCCCCCCCC)CCCCCCCCCCCC. The minimum atomic E-state index is 0.541. The van der Waals surface area contributed by atoms with Crippen molar-refractivity contribution in [1.82, 2.24) is 0 Å². The molecule has 0 aromatic carbocycles. The quantitative estimate of drug-likeness (QED) is 0.0534. The first-order valence-corrected chi connectivity index (χ1v) is 30.6. The molecule has 0 heteroatoms. The molecule has 0 aromatic heterocycles. The van der Waals surface area contributed by atoms with Gasteiger partial charge in [0.1, 0.15) is 0 Å². The fraction of sp³-hybridized carbons (Fsp3) is 0.984. The third-order valence-corrected chi connectivity index (χ3v) is 15.4. The highest BCUT2D eigenvalue weighted by Gasteiger charge is 2.37. The van der Waals surface area contributed by atoms with Gasteiger partial charge in [0.2, 0.25) is 0 Å². The molecule has 0 aliphatic rings. The molecule has 0 aliphatic heterocycles. The van der Waals surface area contributed by atoms with Crippen LogP contribution in [-0.2, 0) is 0 Å². The maximum Gasteiger partial charge on any atom is -0.0179 e. The minimum Gasteiger partial charge on any atom is -0.0654 e. The van der Waals surface area contributed by atoms with Crippen LogP contribution in [0, 0.1) is 11.3 Å². The Labute approximate surface area is 397 Å². The maximum atomic E-state index is 2.35. The van der Waals surface area contributed by atoms with Gasteiger partial charge in [0.25, 0.3) is 0 Å². The smallest absolute Gasteiger partial charge is 0.0179 e. The van der Waals surface area contributed by atoms with Crippen LogP contribution >= 0.6 is 0 Å². The van der Waals surface area contributed by atoms with Gasteiger partial charge in [0, 0.05) is 0 Å². The van der Waals surface area contributed by atoms with Gasteiger partial charge >= 0.3 is 0 Å². The third kappa shape index (κ3) is 43.9. The lowest BCUT2D eigenvalue weighted by Crippen LogP contribution is -2.30. The lowest BCUT2D eigenvalue weighted by molar-refractivity contribution is 0.188. The lowest BCUT2D eigenvalue weighted by atomic mass is 9.62. The third-order valence-electron chi connectivity index (χ3n) is 15.4. The summed E-state index contributed by atoms with van der Waals surface area (Å²) >= 11 is 0. The Morgan fingerprint density at radius 3 is 0.500 bits per heavy atom. The fourth-order valence-electron chi connectivity index (χ4n) is 11.1. The summed E-state index contributed by atoms with van der Waals surface area (Å²) in [6, 6.07) is 0. The molecule has 0 amide bonds. The van der Waals surface area contributed by atoms with Crippen molar-refractivity contribution in [2.45, 2.75) is 388 Å². The number of hydrogen-bond acceptors (Lipinski definition) is 0. The summed E-state index contributed by atoms with van der Waals surface area (Å²) in [6.45, 7) is 11.8. The number of hydrogen-bond donors (Lipinski definition) is 0. The molecule has 0 nitrogen and oxygen atoms in total. The molecule has 373 valence electrons. The Kier molecular flexibility index (Phi) is 53.6. The summed E-state index contributed by atoms with van der Waals surface area (Å²) in [4.78, 5) is 0. The van der Waals surface area contributed by atoms with E-state index in [0.29, 0.717) is 5.41 Å². The normalized spacial score (nSPS) is 12.1. The first kappa shape index (κ1) is 62.0. The Balaban J connectivity index is 5.80. The molecular formula is C62H125. The van der Waals surface area contributed by atoms with Gasteiger partial charge in [0.05, 0.1) is 0 Å². The summed E-state index contributed by atoms with van der Waals surface area (Å²) in [6.07, 6.45) is 81.0. The van der Waals surface area contributed by atoms with Crippen molar-refractivity contribution >= 4 is 0 Å². The largest absolute Gasteiger partial charge is 0.0654 e. The zero-order chi connectivity index (χ0) is 45.0. The van der Waals surface area contributed by atoms with Crippen molar-refractivity contribution in [3.8, 4) is 0 Å². The molecule has 0 saturated carbocycles. The van der Waals surface area contributed by atoms with Gasteiger partial charge in [-0.05, 0) is 43.4 Å². The molecule has 0 atom stereocenters.